The molecule has 0 N–H and O–H groups in total. The predicted octanol–water partition coefficient (Wildman–Crippen LogP) is 0.334. The van der Waals surface area contributed by atoms with Gasteiger partial charge in [0.15, 0.2) is 0 Å². The Labute approximate surface area is 57.6 Å². The van der Waals surface area contributed by atoms with E-state index in [1.807, 2.05) is 13.8 Å². The molecule has 8 heavy (non-hydrogen) atoms. The molecule has 1 atom stereocenters. The fourth-order valence-corrected chi connectivity index (χ4v) is 1.53. The third-order valence-electron chi connectivity index (χ3n) is 0.713. The van der Waals surface area contributed by atoms with Crippen molar-refractivity contribution in [2.24, 2.45) is 0 Å². The molecule has 0 saturated carbocycles. The van der Waals surface area contributed by atoms with Gasteiger partial charge in [-0.3, -0.25) is 0 Å². The van der Waals surface area contributed by atoms with E-state index >= 15 is 0 Å². The Balaban J connectivity index is 3.55. The fraction of sp³-hybridized carbons (Fsp3) is 1.00. The third-order valence-corrected chi connectivity index (χ3v) is 4.43. The second kappa shape index (κ2) is 3.81. The number of rotatable bonds is 3. The summed E-state index contributed by atoms with van der Waals surface area (Å²) in [6.07, 6.45) is 0.584. The van der Waals surface area contributed by atoms with E-state index in [1.54, 1.807) is 0 Å². The zero-order valence-corrected chi connectivity index (χ0v) is 7.69. The Morgan fingerprint density at radius 1 is 1.62 bits per heavy atom. The van der Waals surface area contributed by atoms with Gasteiger partial charge in [-0.25, -0.2) is 0 Å². The molecule has 0 radical (unpaired) electrons. The average Bonchev–Trinajstić information content (AvgIpc) is 1.67. The molecule has 2 nitrogen and oxygen atoms in total. The van der Waals surface area contributed by atoms with Gasteiger partial charge in [-0.05, 0) is 0 Å². The van der Waals surface area contributed by atoms with Crippen molar-refractivity contribution in [1.29, 1.82) is 0 Å². The van der Waals surface area contributed by atoms with Crippen LogP contribution >= 0.6 is 5.96 Å². The molecule has 0 aromatic carbocycles. The van der Waals surface area contributed by atoms with Crippen LogP contribution in [0.25, 0.3) is 0 Å². The van der Waals surface area contributed by atoms with Gasteiger partial charge in [0.25, 0.3) is 0 Å². The van der Waals surface area contributed by atoms with Gasteiger partial charge in [-0.2, -0.15) is 0 Å². The molecule has 0 aliphatic rings. The van der Waals surface area contributed by atoms with Gasteiger partial charge in [-0.15, -0.1) is 0 Å². The zero-order chi connectivity index (χ0) is 6.62. The summed E-state index contributed by atoms with van der Waals surface area (Å²) in [5, 5.41) is 0. The minimum atomic E-state index is -2.30. The molecular weight excluding hydrogens is 190 g/mol. The van der Waals surface area contributed by atoms with Crippen LogP contribution in [-0.2, 0) is 4.52 Å². The normalized spacial score (nSPS) is 17.9. The van der Waals surface area contributed by atoms with Gasteiger partial charge >= 0.3 is 57.1 Å². The van der Waals surface area contributed by atoms with Gasteiger partial charge < -0.3 is 0 Å². The van der Waals surface area contributed by atoms with Gasteiger partial charge in [0.05, 0.1) is 0 Å². The fourth-order valence-electron chi connectivity index (χ4n) is 0.288. The summed E-state index contributed by atoms with van der Waals surface area (Å²) in [5.41, 5.74) is 0. The zero-order valence-electron chi connectivity index (χ0n) is 5.09. The van der Waals surface area contributed by atoms with Gasteiger partial charge in [0.2, 0.25) is 0 Å². The van der Waals surface area contributed by atoms with Crippen LogP contribution in [-0.4, -0.2) is 27.9 Å². The van der Waals surface area contributed by atoms with Crippen LogP contribution in [0.5, 0.6) is 0 Å². The predicted molar refractivity (Wildman–Crippen MR) is 34.8 cm³/mol. The first-order valence-electron chi connectivity index (χ1n) is 2.57. The summed E-state index contributed by atoms with van der Waals surface area (Å²) < 4.78 is 4.88. The first-order chi connectivity index (χ1) is 3.62. The van der Waals surface area contributed by atoms with Gasteiger partial charge in [-0.1, -0.05) is 0 Å². The molecule has 0 aromatic heterocycles. The van der Waals surface area contributed by atoms with E-state index in [0.717, 1.165) is 0 Å². The molecule has 0 aromatic rings. The minimum absolute atomic E-state index is 0.526. The molecule has 1 unspecified atom stereocenters. The van der Waals surface area contributed by atoms with Crippen molar-refractivity contribution in [3.8, 4) is 0 Å². The molecule has 0 heterocycles. The van der Waals surface area contributed by atoms with Crippen LogP contribution < -0.4 is 4.89 Å². The molecule has 4 heteroatoms. The molecule has 0 amide bonds. The molecule has 0 fully saturated rings. The van der Waals surface area contributed by atoms with Crippen molar-refractivity contribution in [2.45, 2.75) is 13.8 Å². The van der Waals surface area contributed by atoms with Crippen molar-refractivity contribution in [2.75, 3.05) is 12.8 Å². The van der Waals surface area contributed by atoms with Crippen LogP contribution in [0.15, 0.2) is 0 Å². The summed E-state index contributed by atoms with van der Waals surface area (Å²) in [7, 11) is 0. The molecule has 0 bridgehead atoms. The summed E-state index contributed by atoms with van der Waals surface area (Å²) in [4.78, 5) is 10.9. The van der Waals surface area contributed by atoms with Gasteiger partial charge in [0.1, 0.15) is 0 Å². The molecule has 0 rings (SSSR count). The summed E-state index contributed by atoms with van der Waals surface area (Å²) in [6, 6.07) is 0. The second-order valence-corrected chi connectivity index (χ2v) is 6.96. The van der Waals surface area contributed by atoms with Crippen molar-refractivity contribution in [1.82, 2.24) is 0 Å². The van der Waals surface area contributed by atoms with Crippen molar-refractivity contribution >= 4 is 21.1 Å². The number of hydrogen-bond donors (Lipinski definition) is 0. The summed E-state index contributed by atoms with van der Waals surface area (Å²) in [5.74, 6) is -2.30. The van der Waals surface area contributed by atoms with Crippen LogP contribution in [0.2, 0.25) is 0 Å². The van der Waals surface area contributed by atoms with Crippen molar-refractivity contribution < 1.29 is 9.42 Å². The van der Waals surface area contributed by atoms with E-state index in [9.17, 15) is 4.89 Å². The third kappa shape index (κ3) is 3.82. The average molecular weight is 200 g/mol. The van der Waals surface area contributed by atoms with E-state index in [0.29, 0.717) is 12.8 Å². The first kappa shape index (κ1) is 8.87. The topological polar surface area (TPSA) is 32.3 Å². The molecule has 0 aliphatic carbocycles. The van der Waals surface area contributed by atoms with E-state index < -0.39 is 5.96 Å². The maximum atomic E-state index is 10.9. The second-order valence-electron chi connectivity index (χ2n) is 1.34. The number of hydrogen-bond acceptors (Lipinski definition) is 2. The quantitative estimate of drug-likeness (QED) is 0.485. The first-order valence-corrected chi connectivity index (χ1v) is 6.59. The van der Waals surface area contributed by atoms with E-state index in [2.05, 4.69) is 15.1 Å². The van der Waals surface area contributed by atoms with Crippen molar-refractivity contribution in [3.05, 3.63) is 0 Å². The van der Waals surface area contributed by atoms with Crippen LogP contribution in [0, 0.1) is 0 Å². The maximum absolute atomic E-state index is 10.9. The van der Waals surface area contributed by atoms with E-state index in [-0.39, 0.29) is 0 Å². The monoisotopic (exact) mass is 201 g/mol. The summed E-state index contributed by atoms with van der Waals surface area (Å²) >= 11 is 2.54. The standard InChI is InChI=1S/C4H11O2PSe/c1-3-6-7(5,8)4-2/h3-4H2,1-2H3,(H,5,8)/p-1. The molecular formula is C4H10O2PSe-. The van der Waals surface area contributed by atoms with Crippen LogP contribution in [0.3, 0.4) is 0 Å². The molecule has 0 aliphatic heterocycles. The Morgan fingerprint density at radius 2 is 2.12 bits per heavy atom. The SMILES string of the molecule is CCOP([O-])(=[Se])CC. The van der Waals surface area contributed by atoms with E-state index in [1.165, 1.54) is 0 Å². The van der Waals surface area contributed by atoms with Crippen LogP contribution in [0.1, 0.15) is 13.8 Å². The van der Waals surface area contributed by atoms with Crippen molar-refractivity contribution in [3.63, 3.8) is 0 Å². The van der Waals surface area contributed by atoms with E-state index in [4.69, 9.17) is 4.52 Å². The Morgan fingerprint density at radius 3 is 2.25 bits per heavy atom. The summed E-state index contributed by atoms with van der Waals surface area (Å²) in [6.45, 7) is 4.20. The Hall–Kier alpha value is 0.869. The van der Waals surface area contributed by atoms with Gasteiger partial charge in [0, 0.05) is 0 Å². The Bertz CT molecular complexity index is 104. The Kier molecular flexibility index (Phi) is 4.23. The molecule has 0 saturated heterocycles. The molecule has 0 spiro atoms. The molecule has 50 valence electrons. The van der Waals surface area contributed by atoms with Crippen LogP contribution in [0.4, 0.5) is 0 Å².